The van der Waals surface area contributed by atoms with E-state index in [0.29, 0.717) is 0 Å². The fourth-order valence-corrected chi connectivity index (χ4v) is 6.20. The minimum Gasteiger partial charge on any atom is -0.0654 e. The van der Waals surface area contributed by atoms with E-state index in [4.69, 9.17) is 0 Å². The van der Waals surface area contributed by atoms with Gasteiger partial charge in [-0.15, -0.1) is 0 Å². The molecule has 1 aliphatic carbocycles. The molecule has 0 spiro atoms. The van der Waals surface area contributed by atoms with Crippen LogP contribution in [0.4, 0.5) is 0 Å². The number of aryl methyl sites for hydroxylation is 5. The van der Waals surface area contributed by atoms with Gasteiger partial charge in [-0.1, -0.05) is 127 Å². The molecule has 0 heteroatoms. The molecule has 178 valence electrons. The summed E-state index contributed by atoms with van der Waals surface area (Å²) in [5.41, 5.74) is 14.8. The number of hydrogen-bond acceptors (Lipinski definition) is 0. The molecule has 5 rings (SSSR count). The van der Waals surface area contributed by atoms with E-state index < -0.39 is 0 Å². The molecule has 0 atom stereocenters. The van der Waals surface area contributed by atoms with E-state index in [1.165, 1.54) is 86.9 Å². The van der Waals surface area contributed by atoms with Crippen LogP contribution in [0.2, 0.25) is 0 Å². The molecule has 0 aliphatic heterocycles. The van der Waals surface area contributed by atoms with Crippen LogP contribution in [0.1, 0.15) is 82.7 Å². The lowest BCUT2D eigenvalue weighted by atomic mass is 9.66. The first-order chi connectivity index (χ1) is 16.9. The molecule has 0 N–H and O–H groups in total. The molecule has 0 heterocycles. The van der Waals surface area contributed by atoms with Crippen LogP contribution in [0.5, 0.6) is 0 Å². The van der Waals surface area contributed by atoms with Crippen LogP contribution in [0.3, 0.4) is 0 Å². The monoisotopic (exact) mass is 458 g/mol. The number of fused-ring (bicyclic) bond motifs is 3. The third-order valence-corrected chi connectivity index (χ3v) is 7.79. The van der Waals surface area contributed by atoms with Crippen molar-refractivity contribution in [3.63, 3.8) is 0 Å². The molecule has 0 saturated carbocycles. The first-order valence-electron chi connectivity index (χ1n) is 13.3. The summed E-state index contributed by atoms with van der Waals surface area (Å²) in [5.74, 6) is 0. The van der Waals surface area contributed by atoms with E-state index >= 15 is 0 Å². The Morgan fingerprint density at radius 1 is 0.543 bits per heavy atom. The van der Waals surface area contributed by atoms with Gasteiger partial charge < -0.3 is 0 Å². The zero-order chi connectivity index (χ0) is 24.6. The third kappa shape index (κ3) is 4.14. The maximum Gasteiger partial charge on any atom is 0.0714 e. The molecule has 0 fully saturated rings. The lowest BCUT2D eigenvalue weighted by Crippen LogP contribution is -2.29. The highest BCUT2D eigenvalue weighted by molar-refractivity contribution is 5.87. The van der Waals surface area contributed by atoms with E-state index in [9.17, 15) is 0 Å². The average Bonchev–Trinajstić information content (AvgIpc) is 3.11. The van der Waals surface area contributed by atoms with Crippen molar-refractivity contribution in [3.8, 4) is 11.1 Å². The standard InChI is InChI=1S/C35H38/c1-6-7-8-9-12-28-18-27(5)20-30(23-28)35(29-13-10-11-24(2)19-29)33-21-25(3)14-16-31(33)32-17-15-26(4)22-34(32)35/h10-11,13-23H,6-9,12H2,1-5H3. The number of benzene rings is 4. The molecule has 35 heavy (non-hydrogen) atoms. The van der Waals surface area contributed by atoms with Crippen LogP contribution >= 0.6 is 0 Å². The molecule has 4 aromatic rings. The summed E-state index contributed by atoms with van der Waals surface area (Å²) >= 11 is 0. The van der Waals surface area contributed by atoms with Crippen molar-refractivity contribution in [1.29, 1.82) is 0 Å². The van der Waals surface area contributed by atoms with Gasteiger partial charge in [0.05, 0.1) is 5.41 Å². The van der Waals surface area contributed by atoms with Crippen molar-refractivity contribution in [2.75, 3.05) is 0 Å². The Kier molecular flexibility index (Phi) is 6.41. The summed E-state index contributed by atoms with van der Waals surface area (Å²) in [7, 11) is 0. The van der Waals surface area contributed by atoms with Gasteiger partial charge in [0.15, 0.2) is 0 Å². The predicted molar refractivity (Wildman–Crippen MR) is 151 cm³/mol. The number of hydrogen-bond donors (Lipinski definition) is 0. The summed E-state index contributed by atoms with van der Waals surface area (Å²) in [6.07, 6.45) is 6.33. The highest BCUT2D eigenvalue weighted by Crippen LogP contribution is 2.56. The Hall–Kier alpha value is -3.12. The molecule has 4 aromatic carbocycles. The second-order valence-corrected chi connectivity index (χ2v) is 10.7. The molecule has 1 aliphatic rings. The second kappa shape index (κ2) is 9.50. The molecular weight excluding hydrogens is 420 g/mol. The van der Waals surface area contributed by atoms with Gasteiger partial charge in [0, 0.05) is 0 Å². The Morgan fingerprint density at radius 2 is 1.17 bits per heavy atom. The molecule has 0 nitrogen and oxygen atoms in total. The summed E-state index contributed by atoms with van der Waals surface area (Å²) in [5, 5.41) is 0. The fourth-order valence-electron chi connectivity index (χ4n) is 6.20. The van der Waals surface area contributed by atoms with Gasteiger partial charge >= 0.3 is 0 Å². The molecular formula is C35H38. The Morgan fingerprint density at radius 3 is 1.80 bits per heavy atom. The first-order valence-corrected chi connectivity index (χ1v) is 13.3. The van der Waals surface area contributed by atoms with E-state index in [0.717, 1.165) is 6.42 Å². The quantitative estimate of drug-likeness (QED) is 0.213. The van der Waals surface area contributed by atoms with Crippen LogP contribution in [0.15, 0.2) is 78.9 Å². The van der Waals surface area contributed by atoms with Crippen LogP contribution < -0.4 is 0 Å². The maximum atomic E-state index is 2.52. The van der Waals surface area contributed by atoms with Crippen LogP contribution in [-0.4, -0.2) is 0 Å². The molecule has 0 bridgehead atoms. The van der Waals surface area contributed by atoms with Crippen molar-refractivity contribution < 1.29 is 0 Å². The number of rotatable bonds is 7. The van der Waals surface area contributed by atoms with Gasteiger partial charge in [-0.3, -0.25) is 0 Å². The summed E-state index contributed by atoms with van der Waals surface area (Å²) in [6, 6.07) is 30.7. The van der Waals surface area contributed by atoms with E-state index in [-0.39, 0.29) is 5.41 Å². The van der Waals surface area contributed by atoms with Gasteiger partial charge in [0.2, 0.25) is 0 Å². The zero-order valence-corrected chi connectivity index (χ0v) is 22.0. The SMILES string of the molecule is CCCCCCc1cc(C)cc(C2(c3cccc(C)c3)c3cc(C)ccc3-c3ccc(C)cc32)c1. The average molecular weight is 459 g/mol. The van der Waals surface area contributed by atoms with Gasteiger partial charge in [-0.25, -0.2) is 0 Å². The highest BCUT2D eigenvalue weighted by atomic mass is 14.5. The fraction of sp³-hybridized carbons (Fsp3) is 0.314. The predicted octanol–water partition coefficient (Wildman–Crippen LogP) is 9.41. The second-order valence-electron chi connectivity index (χ2n) is 10.7. The smallest absolute Gasteiger partial charge is 0.0654 e. The minimum atomic E-state index is -0.307. The van der Waals surface area contributed by atoms with Gasteiger partial charge in [0.1, 0.15) is 0 Å². The van der Waals surface area contributed by atoms with Crippen LogP contribution in [-0.2, 0) is 11.8 Å². The van der Waals surface area contributed by atoms with Gasteiger partial charge in [-0.2, -0.15) is 0 Å². The van der Waals surface area contributed by atoms with Crippen molar-refractivity contribution >= 4 is 0 Å². The Balaban J connectivity index is 1.82. The van der Waals surface area contributed by atoms with Gasteiger partial charge in [0.25, 0.3) is 0 Å². The van der Waals surface area contributed by atoms with Crippen molar-refractivity contribution in [2.45, 2.75) is 72.1 Å². The maximum absolute atomic E-state index is 2.52. The largest absolute Gasteiger partial charge is 0.0714 e. The first kappa shape index (κ1) is 23.6. The summed E-state index contributed by atoms with van der Waals surface area (Å²) in [6.45, 7) is 11.2. The van der Waals surface area contributed by atoms with Crippen molar-refractivity contribution in [1.82, 2.24) is 0 Å². The topological polar surface area (TPSA) is 0 Å². The Bertz CT molecular complexity index is 1320. The van der Waals surface area contributed by atoms with E-state index in [1.54, 1.807) is 0 Å². The van der Waals surface area contributed by atoms with Crippen molar-refractivity contribution in [2.24, 2.45) is 0 Å². The molecule has 0 radical (unpaired) electrons. The third-order valence-electron chi connectivity index (χ3n) is 7.79. The summed E-state index contributed by atoms with van der Waals surface area (Å²) < 4.78 is 0. The van der Waals surface area contributed by atoms with Crippen LogP contribution in [0.25, 0.3) is 11.1 Å². The Labute approximate surface area is 212 Å². The van der Waals surface area contributed by atoms with E-state index in [2.05, 4.69) is 113 Å². The lowest BCUT2D eigenvalue weighted by molar-refractivity contribution is 0.665. The van der Waals surface area contributed by atoms with E-state index in [1.807, 2.05) is 0 Å². The molecule has 0 saturated heterocycles. The number of unbranched alkanes of at least 4 members (excludes halogenated alkanes) is 3. The zero-order valence-electron chi connectivity index (χ0n) is 22.0. The molecule has 0 unspecified atom stereocenters. The minimum absolute atomic E-state index is 0.307. The van der Waals surface area contributed by atoms with Crippen molar-refractivity contribution in [3.05, 3.63) is 129 Å². The van der Waals surface area contributed by atoms with Gasteiger partial charge in [-0.05, 0) is 79.5 Å². The molecule has 0 amide bonds. The lowest BCUT2D eigenvalue weighted by Gasteiger charge is -2.35. The normalized spacial score (nSPS) is 13.5. The molecule has 0 aromatic heterocycles. The summed E-state index contributed by atoms with van der Waals surface area (Å²) in [4.78, 5) is 0. The highest BCUT2D eigenvalue weighted by Gasteiger charge is 2.46. The van der Waals surface area contributed by atoms with Crippen LogP contribution in [0, 0.1) is 27.7 Å².